The normalized spacial score (nSPS) is 11.6. The maximum Gasteiger partial charge on any atom is 0.191 e. The first-order valence-electron chi connectivity index (χ1n) is 9.57. The third kappa shape index (κ3) is 4.79. The number of guanidine groups is 1. The lowest BCUT2D eigenvalue weighted by Gasteiger charge is -2.14. The van der Waals surface area contributed by atoms with Gasteiger partial charge < -0.3 is 20.1 Å². The smallest absolute Gasteiger partial charge is 0.191 e. The Bertz CT molecular complexity index is 943. The molecule has 0 spiro atoms. The molecule has 0 amide bonds. The molecular formula is C21H29N7. The number of hydrogen-bond donors (Lipinski definition) is 2. The number of imidazole rings is 1. The summed E-state index contributed by atoms with van der Waals surface area (Å²) >= 11 is 0. The monoisotopic (exact) mass is 379 g/mol. The van der Waals surface area contributed by atoms with E-state index in [1.165, 1.54) is 11.1 Å². The van der Waals surface area contributed by atoms with E-state index in [1.54, 1.807) is 7.05 Å². The van der Waals surface area contributed by atoms with E-state index in [-0.39, 0.29) is 0 Å². The molecule has 3 aromatic rings. The third-order valence-electron chi connectivity index (χ3n) is 4.65. The summed E-state index contributed by atoms with van der Waals surface area (Å²) in [4.78, 5) is 15.3. The molecule has 0 atom stereocenters. The number of fused-ring (bicyclic) bond motifs is 1. The molecule has 0 saturated carbocycles. The molecule has 0 radical (unpaired) electrons. The number of rotatable bonds is 7. The van der Waals surface area contributed by atoms with Crippen molar-refractivity contribution in [2.75, 3.05) is 32.6 Å². The van der Waals surface area contributed by atoms with Gasteiger partial charge in [0.1, 0.15) is 11.6 Å². The molecule has 1 aromatic carbocycles. The summed E-state index contributed by atoms with van der Waals surface area (Å²) in [6.45, 7) is 4.52. The molecule has 0 unspecified atom stereocenters. The molecule has 0 bridgehead atoms. The van der Waals surface area contributed by atoms with Crippen LogP contribution in [-0.4, -0.2) is 48.2 Å². The number of nitrogens with one attached hydrogen (secondary N) is 2. The van der Waals surface area contributed by atoms with Crippen LogP contribution in [0.5, 0.6) is 0 Å². The average Bonchev–Trinajstić information content (AvgIpc) is 3.02. The molecular weight excluding hydrogens is 350 g/mol. The predicted octanol–water partition coefficient (Wildman–Crippen LogP) is 2.56. The van der Waals surface area contributed by atoms with Gasteiger partial charge in [0, 0.05) is 47.0 Å². The van der Waals surface area contributed by atoms with Crippen molar-refractivity contribution in [3.8, 4) is 0 Å². The minimum Gasteiger partial charge on any atom is -0.363 e. The molecule has 0 aliphatic heterocycles. The fraction of sp³-hybridized carbons (Fsp3) is 0.381. The van der Waals surface area contributed by atoms with Crippen LogP contribution < -0.4 is 15.5 Å². The number of para-hydroxylation sites is 2. The van der Waals surface area contributed by atoms with E-state index in [1.807, 2.05) is 37.3 Å². The number of nitrogens with zero attached hydrogens (tertiary/aromatic N) is 5. The SMILES string of the molecule is CN=C(NCCCn1c(C)nc2ccccc21)NCc1ccnc(N(C)C)c1. The lowest BCUT2D eigenvalue weighted by Crippen LogP contribution is -2.37. The van der Waals surface area contributed by atoms with Crippen molar-refractivity contribution in [1.82, 2.24) is 25.2 Å². The molecule has 3 rings (SSSR count). The maximum atomic E-state index is 4.62. The number of anilines is 1. The zero-order valence-corrected chi connectivity index (χ0v) is 17.1. The Morgan fingerprint density at radius 1 is 1.18 bits per heavy atom. The number of aliphatic imine (C=N–C) groups is 1. The third-order valence-corrected chi connectivity index (χ3v) is 4.65. The van der Waals surface area contributed by atoms with Crippen molar-refractivity contribution < 1.29 is 0 Å². The van der Waals surface area contributed by atoms with E-state index < -0.39 is 0 Å². The van der Waals surface area contributed by atoms with E-state index in [2.05, 4.69) is 61.4 Å². The molecule has 7 nitrogen and oxygen atoms in total. The fourth-order valence-electron chi connectivity index (χ4n) is 3.14. The van der Waals surface area contributed by atoms with Crippen LogP contribution in [0, 0.1) is 6.92 Å². The summed E-state index contributed by atoms with van der Waals surface area (Å²) in [5, 5.41) is 6.75. The Morgan fingerprint density at radius 2 is 2.00 bits per heavy atom. The predicted molar refractivity (Wildman–Crippen MR) is 116 cm³/mol. The van der Waals surface area contributed by atoms with E-state index in [9.17, 15) is 0 Å². The molecule has 2 N–H and O–H groups in total. The van der Waals surface area contributed by atoms with Crippen molar-refractivity contribution >= 4 is 22.8 Å². The van der Waals surface area contributed by atoms with Crippen LogP contribution in [0.15, 0.2) is 47.6 Å². The first-order chi connectivity index (χ1) is 13.6. The summed E-state index contributed by atoms with van der Waals surface area (Å²) in [7, 11) is 5.77. The summed E-state index contributed by atoms with van der Waals surface area (Å²) < 4.78 is 2.27. The molecule has 148 valence electrons. The molecule has 28 heavy (non-hydrogen) atoms. The van der Waals surface area contributed by atoms with Crippen LogP contribution in [0.1, 0.15) is 17.8 Å². The molecule has 0 aliphatic carbocycles. The highest BCUT2D eigenvalue weighted by Gasteiger charge is 2.06. The minimum absolute atomic E-state index is 0.703. The van der Waals surface area contributed by atoms with Gasteiger partial charge in [0.15, 0.2) is 5.96 Å². The van der Waals surface area contributed by atoms with Gasteiger partial charge in [-0.3, -0.25) is 4.99 Å². The zero-order chi connectivity index (χ0) is 19.9. The molecule has 0 fully saturated rings. The Morgan fingerprint density at radius 3 is 2.79 bits per heavy atom. The molecule has 2 heterocycles. The van der Waals surface area contributed by atoms with Gasteiger partial charge in [-0.05, 0) is 43.2 Å². The van der Waals surface area contributed by atoms with Gasteiger partial charge in [0.25, 0.3) is 0 Å². The average molecular weight is 380 g/mol. The Labute approximate surface area is 166 Å². The van der Waals surface area contributed by atoms with Gasteiger partial charge in [-0.2, -0.15) is 0 Å². The van der Waals surface area contributed by atoms with E-state index >= 15 is 0 Å². The summed E-state index contributed by atoms with van der Waals surface area (Å²) in [6.07, 6.45) is 2.82. The van der Waals surface area contributed by atoms with Crippen molar-refractivity contribution in [3.63, 3.8) is 0 Å². The van der Waals surface area contributed by atoms with Crippen molar-refractivity contribution in [3.05, 3.63) is 54.0 Å². The fourth-order valence-corrected chi connectivity index (χ4v) is 3.14. The minimum atomic E-state index is 0.703. The van der Waals surface area contributed by atoms with Crippen molar-refractivity contribution in [1.29, 1.82) is 0 Å². The second-order valence-corrected chi connectivity index (χ2v) is 6.92. The van der Waals surface area contributed by atoms with Crippen LogP contribution in [0.25, 0.3) is 11.0 Å². The van der Waals surface area contributed by atoms with Crippen LogP contribution in [0.3, 0.4) is 0 Å². The highest BCUT2D eigenvalue weighted by molar-refractivity contribution is 5.79. The molecule has 0 saturated heterocycles. The van der Waals surface area contributed by atoms with Crippen LogP contribution in [-0.2, 0) is 13.1 Å². The number of benzene rings is 1. The summed E-state index contributed by atoms with van der Waals surface area (Å²) in [6, 6.07) is 12.4. The van der Waals surface area contributed by atoms with Crippen LogP contribution in [0.2, 0.25) is 0 Å². The number of aromatic nitrogens is 3. The highest BCUT2D eigenvalue weighted by Crippen LogP contribution is 2.15. The molecule has 0 aliphatic rings. The Hall–Kier alpha value is -3.09. The quantitative estimate of drug-likeness (QED) is 0.375. The van der Waals surface area contributed by atoms with Crippen LogP contribution in [0.4, 0.5) is 5.82 Å². The molecule has 2 aromatic heterocycles. The summed E-state index contributed by atoms with van der Waals surface area (Å²) in [5.74, 6) is 2.80. The summed E-state index contributed by atoms with van der Waals surface area (Å²) in [5.41, 5.74) is 3.42. The topological polar surface area (TPSA) is 70.4 Å². The lowest BCUT2D eigenvalue weighted by molar-refractivity contribution is 0.624. The van der Waals surface area contributed by atoms with Gasteiger partial charge in [0.05, 0.1) is 11.0 Å². The van der Waals surface area contributed by atoms with E-state index in [0.29, 0.717) is 6.54 Å². The first-order valence-corrected chi connectivity index (χ1v) is 9.57. The van der Waals surface area contributed by atoms with Gasteiger partial charge >= 0.3 is 0 Å². The van der Waals surface area contributed by atoms with E-state index in [0.717, 1.165) is 42.6 Å². The standard InChI is InChI=1S/C21H29N7/c1-16-26-18-8-5-6-9-19(18)28(16)13-7-11-24-21(22-2)25-15-17-10-12-23-20(14-17)27(3)4/h5-6,8-10,12,14H,7,11,13,15H2,1-4H3,(H2,22,24,25). The maximum absolute atomic E-state index is 4.62. The van der Waals surface area contributed by atoms with E-state index in [4.69, 9.17) is 0 Å². The van der Waals surface area contributed by atoms with Crippen molar-refractivity contribution in [2.24, 2.45) is 4.99 Å². The second-order valence-electron chi connectivity index (χ2n) is 6.92. The number of aryl methyl sites for hydroxylation is 2. The van der Waals surface area contributed by atoms with Crippen LogP contribution >= 0.6 is 0 Å². The Balaban J connectivity index is 1.48. The van der Waals surface area contributed by atoms with Crippen molar-refractivity contribution in [2.45, 2.75) is 26.4 Å². The zero-order valence-electron chi connectivity index (χ0n) is 17.1. The van der Waals surface area contributed by atoms with Gasteiger partial charge in [-0.15, -0.1) is 0 Å². The lowest BCUT2D eigenvalue weighted by atomic mass is 10.2. The number of pyridine rings is 1. The number of hydrogen-bond acceptors (Lipinski definition) is 4. The second kappa shape index (κ2) is 9.21. The highest BCUT2D eigenvalue weighted by atomic mass is 15.2. The largest absolute Gasteiger partial charge is 0.363 e. The first kappa shape index (κ1) is 19.7. The van der Waals surface area contributed by atoms with Gasteiger partial charge in [-0.1, -0.05) is 12.1 Å². The van der Waals surface area contributed by atoms with Gasteiger partial charge in [-0.25, -0.2) is 9.97 Å². The molecule has 7 heteroatoms. The Kier molecular flexibility index (Phi) is 6.47. The van der Waals surface area contributed by atoms with Gasteiger partial charge in [0.2, 0.25) is 0 Å².